The number of Topliss-reactive ketones (excluding diaryl/α,β-unsaturated/α-hetero) is 1. The molecule has 0 spiro atoms. The van der Waals surface area contributed by atoms with Crippen molar-refractivity contribution in [2.45, 2.75) is 68.6 Å². The average molecular weight is 645 g/mol. The Morgan fingerprint density at radius 1 is 0.911 bits per heavy atom. The van der Waals surface area contributed by atoms with Gasteiger partial charge in [0.25, 0.3) is 0 Å². The first-order valence-corrected chi connectivity index (χ1v) is 13.9. The van der Waals surface area contributed by atoms with Crippen LogP contribution in [0.25, 0.3) is 0 Å². The molecular weight excluding hydrogens is 611 g/mol. The Hall–Kier alpha value is -3.51. The third-order valence-electron chi connectivity index (χ3n) is 7.32. The van der Waals surface area contributed by atoms with Crippen LogP contribution in [0.5, 0.6) is 0 Å². The lowest BCUT2D eigenvalue weighted by molar-refractivity contribution is -0.138. The number of piperidine rings is 1. The van der Waals surface area contributed by atoms with Gasteiger partial charge in [-0.2, -0.15) is 26.3 Å². The topological polar surface area (TPSA) is 185 Å². The molecule has 4 atom stereocenters. The van der Waals surface area contributed by atoms with Crippen LogP contribution < -0.4 is 28.0 Å². The largest absolute Gasteiger partial charge is 0.488 e. The molecule has 1 aliphatic heterocycles. The van der Waals surface area contributed by atoms with Crippen molar-refractivity contribution in [3.05, 3.63) is 64.7 Å². The maximum Gasteiger partial charge on any atom is 0.488 e. The van der Waals surface area contributed by atoms with Crippen LogP contribution in [0.4, 0.5) is 26.3 Å². The second kappa shape index (κ2) is 14.7. The van der Waals surface area contributed by atoms with Gasteiger partial charge in [0.15, 0.2) is 5.78 Å². The number of ketones is 1. The van der Waals surface area contributed by atoms with Gasteiger partial charge in [0.1, 0.15) is 0 Å². The van der Waals surface area contributed by atoms with E-state index in [-0.39, 0.29) is 61.5 Å². The fraction of sp³-hybridized carbons (Fsp3) is 0.464. The third-order valence-corrected chi connectivity index (χ3v) is 7.32. The van der Waals surface area contributed by atoms with Crippen molar-refractivity contribution in [2.75, 3.05) is 13.1 Å². The number of carbonyl (C=O) groups excluding carboxylic acids is 3. The van der Waals surface area contributed by atoms with E-state index in [4.69, 9.17) is 17.2 Å². The van der Waals surface area contributed by atoms with Gasteiger partial charge in [0.2, 0.25) is 11.8 Å². The average Bonchev–Trinajstić information content (AvgIpc) is 2.93. The number of hydrogen-bond acceptors (Lipinski definition) is 8. The molecule has 10 nitrogen and oxygen atoms in total. The number of rotatable bonds is 11. The molecule has 2 amide bonds. The summed E-state index contributed by atoms with van der Waals surface area (Å²) in [6, 6.07) is 2.48. The summed E-state index contributed by atoms with van der Waals surface area (Å²) in [4.78, 5) is 40.4. The van der Waals surface area contributed by atoms with E-state index in [1.807, 2.05) is 0 Å². The fourth-order valence-corrected chi connectivity index (χ4v) is 5.00. The summed E-state index contributed by atoms with van der Waals surface area (Å²) in [5.41, 5.74) is 15.0. The number of carbonyl (C=O) groups is 3. The molecule has 2 aromatic rings. The van der Waals surface area contributed by atoms with Gasteiger partial charge in [-0.3, -0.25) is 14.4 Å². The van der Waals surface area contributed by atoms with E-state index >= 15 is 0 Å². The highest BCUT2D eigenvalue weighted by molar-refractivity contribution is 6.58. The summed E-state index contributed by atoms with van der Waals surface area (Å²) in [6.45, 7) is 0.560. The van der Waals surface area contributed by atoms with Gasteiger partial charge in [-0.15, -0.1) is 0 Å². The first-order chi connectivity index (χ1) is 20.8. The minimum Gasteiger partial charge on any atom is -0.423 e. The SMILES string of the molecule is N[C@@H]1C[C@H](N)CN(C(=O)CC[C@H](N)C(=O)N[C@H](Cc2ccc(C(F)(F)F)cc2)C(=O)Cc2cc(B(O)O)cc(C(F)(F)F)c2)C1. The van der Waals surface area contributed by atoms with Crippen LogP contribution in [0.3, 0.4) is 0 Å². The van der Waals surface area contributed by atoms with Gasteiger partial charge in [-0.1, -0.05) is 24.3 Å². The van der Waals surface area contributed by atoms with Crippen molar-refractivity contribution in [1.82, 2.24) is 10.2 Å². The predicted molar refractivity (Wildman–Crippen MR) is 151 cm³/mol. The van der Waals surface area contributed by atoms with Gasteiger partial charge in [0, 0.05) is 38.0 Å². The van der Waals surface area contributed by atoms with Gasteiger partial charge < -0.3 is 37.5 Å². The highest BCUT2D eigenvalue weighted by Gasteiger charge is 2.34. The molecule has 3 rings (SSSR count). The molecule has 246 valence electrons. The Labute approximate surface area is 255 Å². The zero-order chi connectivity index (χ0) is 33.7. The molecule has 0 saturated carbocycles. The van der Waals surface area contributed by atoms with Gasteiger partial charge in [-0.05, 0) is 54.1 Å². The standard InChI is InChI=1S/C28H34BF6N5O5/c30-27(31,32)17-3-1-15(2-4-17)9-23(24(41)10-16-7-18(28(33,34)35)11-19(8-16)29(44)45)39-26(43)22(38)5-6-25(42)40-13-20(36)12-21(37)14-40/h1-4,7-8,11,20-23,44-45H,5-6,9-10,12-14,36-38H2,(H,39,43)/t20-,21+,22-,23+/m0/s1. The number of amides is 2. The number of likely N-dealkylation sites (tertiary alicyclic amines) is 1. The van der Waals surface area contributed by atoms with Crippen LogP contribution >= 0.6 is 0 Å². The van der Waals surface area contributed by atoms with Crippen molar-refractivity contribution in [2.24, 2.45) is 17.2 Å². The molecule has 0 unspecified atom stereocenters. The van der Waals surface area contributed by atoms with Crippen LogP contribution in [0.1, 0.15) is 41.5 Å². The van der Waals surface area contributed by atoms with Gasteiger partial charge >= 0.3 is 19.5 Å². The van der Waals surface area contributed by atoms with Crippen LogP contribution in [0.2, 0.25) is 0 Å². The third kappa shape index (κ3) is 10.5. The van der Waals surface area contributed by atoms with Crippen molar-refractivity contribution >= 4 is 30.2 Å². The first kappa shape index (κ1) is 36.0. The minimum atomic E-state index is -4.88. The number of nitrogens with two attached hydrogens (primary N) is 3. The van der Waals surface area contributed by atoms with E-state index in [1.54, 1.807) is 0 Å². The van der Waals surface area contributed by atoms with Crippen molar-refractivity contribution in [3.8, 4) is 0 Å². The summed E-state index contributed by atoms with van der Waals surface area (Å²) in [5.74, 6) is -2.05. The van der Waals surface area contributed by atoms with Gasteiger partial charge in [-0.25, -0.2) is 0 Å². The summed E-state index contributed by atoms with van der Waals surface area (Å²) in [7, 11) is -2.28. The predicted octanol–water partition coefficient (Wildman–Crippen LogP) is 0.238. The zero-order valence-corrected chi connectivity index (χ0v) is 23.9. The van der Waals surface area contributed by atoms with E-state index < -0.39 is 66.3 Å². The highest BCUT2D eigenvalue weighted by Crippen LogP contribution is 2.30. The molecule has 17 heteroatoms. The maximum absolute atomic E-state index is 13.4. The summed E-state index contributed by atoms with van der Waals surface area (Å²) in [6.07, 6.45) is -10.3. The number of benzene rings is 2. The fourth-order valence-electron chi connectivity index (χ4n) is 5.00. The maximum atomic E-state index is 13.4. The lowest BCUT2D eigenvalue weighted by Crippen LogP contribution is -2.54. The van der Waals surface area contributed by atoms with Gasteiger partial charge in [0.05, 0.1) is 23.2 Å². The van der Waals surface area contributed by atoms with Crippen LogP contribution in [-0.4, -0.2) is 76.9 Å². The molecule has 9 N–H and O–H groups in total. The molecule has 0 radical (unpaired) electrons. The number of halogens is 6. The Bertz CT molecular complexity index is 1350. The second-order valence-corrected chi connectivity index (χ2v) is 11.1. The van der Waals surface area contributed by atoms with Crippen LogP contribution in [0, 0.1) is 0 Å². The highest BCUT2D eigenvalue weighted by atomic mass is 19.4. The van der Waals surface area contributed by atoms with Crippen LogP contribution in [-0.2, 0) is 39.6 Å². The van der Waals surface area contributed by atoms with E-state index in [0.29, 0.717) is 18.6 Å². The Kier molecular flexibility index (Phi) is 11.8. The quantitative estimate of drug-likeness (QED) is 0.148. The van der Waals surface area contributed by atoms with E-state index in [1.165, 1.54) is 4.90 Å². The molecule has 1 heterocycles. The van der Waals surface area contributed by atoms with Crippen molar-refractivity contribution in [3.63, 3.8) is 0 Å². The Balaban J connectivity index is 1.78. The number of alkyl halides is 6. The number of nitrogens with zero attached hydrogens (tertiary/aromatic N) is 1. The second-order valence-electron chi connectivity index (χ2n) is 11.1. The van der Waals surface area contributed by atoms with E-state index in [9.17, 15) is 50.8 Å². The molecule has 0 aliphatic carbocycles. The molecule has 2 aromatic carbocycles. The molecule has 0 bridgehead atoms. The van der Waals surface area contributed by atoms with Crippen molar-refractivity contribution in [1.29, 1.82) is 0 Å². The number of hydrogen-bond donors (Lipinski definition) is 6. The lowest BCUT2D eigenvalue weighted by atomic mass is 9.78. The molecule has 1 aliphatic rings. The summed E-state index contributed by atoms with van der Waals surface area (Å²) in [5, 5.41) is 21.3. The molecule has 1 saturated heterocycles. The Morgan fingerprint density at radius 3 is 2.02 bits per heavy atom. The molecule has 45 heavy (non-hydrogen) atoms. The molecule has 0 aromatic heterocycles. The van der Waals surface area contributed by atoms with E-state index in [0.717, 1.165) is 30.3 Å². The Morgan fingerprint density at radius 2 is 1.49 bits per heavy atom. The molecular formula is C28H34BF6N5O5. The molecule has 1 fully saturated rings. The van der Waals surface area contributed by atoms with E-state index in [2.05, 4.69) is 5.32 Å². The minimum absolute atomic E-state index is 0.141. The number of nitrogens with one attached hydrogen (secondary N) is 1. The lowest BCUT2D eigenvalue weighted by Gasteiger charge is -2.34. The monoisotopic (exact) mass is 645 g/mol. The smallest absolute Gasteiger partial charge is 0.423 e. The summed E-state index contributed by atoms with van der Waals surface area (Å²) >= 11 is 0. The van der Waals surface area contributed by atoms with Crippen molar-refractivity contribution < 1.29 is 50.8 Å². The van der Waals surface area contributed by atoms with Crippen LogP contribution in [0.15, 0.2) is 42.5 Å². The normalized spacial score (nSPS) is 18.7. The first-order valence-electron chi connectivity index (χ1n) is 13.9. The zero-order valence-electron chi connectivity index (χ0n) is 23.9. The summed E-state index contributed by atoms with van der Waals surface area (Å²) < 4.78 is 79.3.